The van der Waals surface area contributed by atoms with E-state index in [4.69, 9.17) is 10.3 Å². The van der Waals surface area contributed by atoms with Gasteiger partial charge in [0.25, 0.3) is 0 Å². The third-order valence-electron chi connectivity index (χ3n) is 3.81. The van der Waals surface area contributed by atoms with E-state index in [1.54, 1.807) is 0 Å². The number of hydrogen-bond acceptors (Lipinski definition) is 3. The molecule has 0 rings (SSSR count). The van der Waals surface area contributed by atoms with Gasteiger partial charge in [0.2, 0.25) is 0 Å². The standard InChI is InChI=1S/C18H33NO3/c1-2-17(19-22)15-13-11-9-7-5-3-4-6-8-10-12-14-16-18(20)21/h3,5,22H,2,4,6-16H2,1H3,(H,20,21)/b5-3-,19-17-. The molecular formula is C18H33NO3. The molecule has 0 aromatic carbocycles. The molecule has 0 unspecified atom stereocenters. The molecule has 0 aromatic heterocycles. The van der Waals surface area contributed by atoms with Crippen LogP contribution in [-0.2, 0) is 4.79 Å². The number of carboxylic acids is 1. The zero-order valence-electron chi connectivity index (χ0n) is 14.1. The molecule has 2 N–H and O–H groups in total. The molecule has 0 radical (unpaired) electrons. The number of nitrogens with zero attached hydrogens (tertiary/aromatic N) is 1. The van der Waals surface area contributed by atoms with E-state index in [9.17, 15) is 4.79 Å². The molecule has 0 heterocycles. The highest BCUT2D eigenvalue weighted by atomic mass is 16.4. The van der Waals surface area contributed by atoms with E-state index in [2.05, 4.69) is 17.3 Å². The van der Waals surface area contributed by atoms with E-state index in [1.807, 2.05) is 6.92 Å². The van der Waals surface area contributed by atoms with Crippen LogP contribution in [0.25, 0.3) is 0 Å². The number of carbonyl (C=O) groups is 1. The molecule has 0 amide bonds. The van der Waals surface area contributed by atoms with E-state index >= 15 is 0 Å². The Kier molecular flexibility index (Phi) is 15.1. The van der Waals surface area contributed by atoms with Crippen molar-refractivity contribution in [1.29, 1.82) is 0 Å². The van der Waals surface area contributed by atoms with Crippen LogP contribution in [0.5, 0.6) is 0 Å². The maximum atomic E-state index is 10.3. The van der Waals surface area contributed by atoms with E-state index < -0.39 is 5.97 Å². The van der Waals surface area contributed by atoms with Crippen molar-refractivity contribution in [3.63, 3.8) is 0 Å². The van der Waals surface area contributed by atoms with Gasteiger partial charge in [-0.05, 0) is 51.4 Å². The summed E-state index contributed by atoms with van der Waals surface area (Å²) in [4.78, 5) is 10.3. The lowest BCUT2D eigenvalue weighted by atomic mass is 10.1. The number of oxime groups is 1. The average molecular weight is 311 g/mol. The smallest absolute Gasteiger partial charge is 0.303 e. The second-order valence-electron chi connectivity index (χ2n) is 5.79. The molecule has 0 fully saturated rings. The lowest BCUT2D eigenvalue weighted by Gasteiger charge is -2.00. The second kappa shape index (κ2) is 16.1. The van der Waals surface area contributed by atoms with Crippen molar-refractivity contribution in [3.8, 4) is 0 Å². The Morgan fingerprint density at radius 2 is 1.36 bits per heavy atom. The zero-order valence-corrected chi connectivity index (χ0v) is 14.1. The first-order valence-corrected chi connectivity index (χ1v) is 8.77. The third kappa shape index (κ3) is 15.1. The highest BCUT2D eigenvalue weighted by molar-refractivity contribution is 5.83. The summed E-state index contributed by atoms with van der Waals surface area (Å²) in [5, 5.41) is 20.5. The van der Waals surface area contributed by atoms with E-state index in [0.717, 1.165) is 57.1 Å². The topological polar surface area (TPSA) is 69.9 Å². The third-order valence-corrected chi connectivity index (χ3v) is 3.81. The summed E-state index contributed by atoms with van der Waals surface area (Å²) < 4.78 is 0. The Morgan fingerprint density at radius 1 is 0.864 bits per heavy atom. The fourth-order valence-electron chi connectivity index (χ4n) is 2.37. The van der Waals surface area contributed by atoms with Gasteiger partial charge in [0, 0.05) is 6.42 Å². The molecule has 0 saturated carbocycles. The molecular weight excluding hydrogens is 278 g/mol. The fraction of sp³-hybridized carbons (Fsp3) is 0.778. The summed E-state index contributed by atoms with van der Waals surface area (Å²) >= 11 is 0. The van der Waals surface area contributed by atoms with Crippen LogP contribution in [0.2, 0.25) is 0 Å². The lowest BCUT2D eigenvalue weighted by Crippen LogP contribution is -1.95. The van der Waals surface area contributed by atoms with Gasteiger partial charge in [-0.15, -0.1) is 0 Å². The minimum Gasteiger partial charge on any atom is -0.481 e. The molecule has 0 aliphatic carbocycles. The fourth-order valence-corrected chi connectivity index (χ4v) is 2.37. The van der Waals surface area contributed by atoms with Gasteiger partial charge in [0.15, 0.2) is 0 Å². The summed E-state index contributed by atoms with van der Waals surface area (Å²) in [5.74, 6) is -0.683. The summed E-state index contributed by atoms with van der Waals surface area (Å²) in [7, 11) is 0. The number of carboxylic acid groups (broad SMARTS) is 1. The van der Waals surface area contributed by atoms with Crippen LogP contribution < -0.4 is 0 Å². The molecule has 0 aromatic rings. The second-order valence-corrected chi connectivity index (χ2v) is 5.79. The van der Waals surface area contributed by atoms with Gasteiger partial charge in [0.05, 0.1) is 5.71 Å². The number of aliphatic carboxylic acids is 1. The predicted octanol–water partition coefficient (Wildman–Crippen LogP) is 5.55. The molecule has 128 valence electrons. The van der Waals surface area contributed by atoms with Crippen LogP contribution in [0.4, 0.5) is 0 Å². The summed E-state index contributed by atoms with van der Waals surface area (Å²) in [6, 6.07) is 0. The summed E-state index contributed by atoms with van der Waals surface area (Å²) in [6.45, 7) is 2.02. The first kappa shape index (κ1) is 20.7. The van der Waals surface area contributed by atoms with E-state index in [1.165, 1.54) is 25.7 Å². The van der Waals surface area contributed by atoms with E-state index in [0.29, 0.717) is 6.42 Å². The number of rotatable bonds is 15. The van der Waals surface area contributed by atoms with Gasteiger partial charge in [-0.25, -0.2) is 0 Å². The minimum atomic E-state index is -0.683. The van der Waals surface area contributed by atoms with Crippen molar-refractivity contribution in [2.24, 2.45) is 5.16 Å². The van der Waals surface area contributed by atoms with Crippen LogP contribution in [0, 0.1) is 0 Å². The van der Waals surface area contributed by atoms with Crippen molar-refractivity contribution >= 4 is 11.7 Å². The van der Waals surface area contributed by atoms with Crippen molar-refractivity contribution in [3.05, 3.63) is 12.2 Å². The van der Waals surface area contributed by atoms with Crippen molar-refractivity contribution in [1.82, 2.24) is 0 Å². The Bertz CT molecular complexity index is 324. The molecule has 22 heavy (non-hydrogen) atoms. The van der Waals surface area contributed by atoms with Gasteiger partial charge in [-0.1, -0.05) is 49.9 Å². The Morgan fingerprint density at radius 3 is 1.91 bits per heavy atom. The van der Waals surface area contributed by atoms with Crippen molar-refractivity contribution < 1.29 is 15.1 Å². The van der Waals surface area contributed by atoms with Gasteiger partial charge in [-0.2, -0.15) is 0 Å². The van der Waals surface area contributed by atoms with Gasteiger partial charge in [-0.3, -0.25) is 4.79 Å². The Hall–Kier alpha value is -1.32. The maximum Gasteiger partial charge on any atom is 0.303 e. The number of unbranched alkanes of at least 4 members (excludes halogenated alkanes) is 8. The molecule has 4 nitrogen and oxygen atoms in total. The molecule has 0 aliphatic rings. The van der Waals surface area contributed by atoms with Crippen molar-refractivity contribution in [2.75, 3.05) is 0 Å². The summed E-state index contributed by atoms with van der Waals surface area (Å²) in [5.41, 5.74) is 0.902. The quantitative estimate of drug-likeness (QED) is 0.137. The summed E-state index contributed by atoms with van der Waals surface area (Å²) in [6.07, 6.45) is 17.8. The van der Waals surface area contributed by atoms with Gasteiger partial charge in [0.1, 0.15) is 0 Å². The van der Waals surface area contributed by atoms with Crippen LogP contribution in [-0.4, -0.2) is 22.0 Å². The SMILES string of the molecule is CC/C(CCCCC/C=C\CCCCCCCC(=O)O)=N/O. The molecule has 4 heteroatoms. The van der Waals surface area contributed by atoms with Crippen LogP contribution in [0.3, 0.4) is 0 Å². The number of allylic oxidation sites excluding steroid dienone is 2. The average Bonchev–Trinajstić information content (AvgIpc) is 2.51. The minimum absolute atomic E-state index is 0.309. The van der Waals surface area contributed by atoms with Gasteiger partial charge >= 0.3 is 5.97 Å². The van der Waals surface area contributed by atoms with Crippen LogP contribution in [0.15, 0.2) is 17.3 Å². The lowest BCUT2D eigenvalue weighted by molar-refractivity contribution is -0.137. The van der Waals surface area contributed by atoms with Crippen molar-refractivity contribution in [2.45, 2.75) is 90.4 Å². The molecule has 0 spiro atoms. The predicted molar refractivity (Wildman–Crippen MR) is 91.7 cm³/mol. The number of hydrogen-bond donors (Lipinski definition) is 2. The van der Waals surface area contributed by atoms with Gasteiger partial charge < -0.3 is 10.3 Å². The zero-order chi connectivity index (χ0) is 16.5. The molecule has 0 aliphatic heterocycles. The van der Waals surface area contributed by atoms with Crippen LogP contribution >= 0.6 is 0 Å². The normalized spacial score (nSPS) is 12.1. The maximum absolute atomic E-state index is 10.3. The molecule has 0 atom stereocenters. The molecule has 0 bridgehead atoms. The Labute approximate surface area is 135 Å². The highest BCUT2D eigenvalue weighted by Gasteiger charge is 1.97. The first-order valence-electron chi connectivity index (χ1n) is 8.77. The highest BCUT2D eigenvalue weighted by Crippen LogP contribution is 2.09. The largest absolute Gasteiger partial charge is 0.481 e. The monoisotopic (exact) mass is 311 g/mol. The Balaban J connectivity index is 3.23. The van der Waals surface area contributed by atoms with Crippen LogP contribution in [0.1, 0.15) is 90.4 Å². The van der Waals surface area contributed by atoms with E-state index in [-0.39, 0.29) is 0 Å². The first-order chi connectivity index (χ1) is 10.7. The molecule has 0 saturated heterocycles.